The Morgan fingerprint density at radius 3 is 2.65 bits per heavy atom. The number of benzene rings is 1. The number of piperidine rings is 3. The summed E-state index contributed by atoms with van der Waals surface area (Å²) in [5, 5.41) is 0. The molecule has 4 aliphatic rings. The average molecular weight is 424 g/mol. The first kappa shape index (κ1) is 20.5. The predicted octanol–water partition coefficient (Wildman–Crippen LogP) is 3.46. The molecule has 4 aliphatic heterocycles. The van der Waals surface area contributed by atoms with Crippen LogP contribution in [0.2, 0.25) is 0 Å². The molecule has 5 rings (SSSR count). The van der Waals surface area contributed by atoms with Crippen molar-refractivity contribution in [3.05, 3.63) is 29.8 Å². The lowest BCUT2D eigenvalue weighted by Crippen LogP contribution is -2.65. The molecule has 0 saturated carbocycles. The lowest BCUT2D eigenvalue weighted by Gasteiger charge is -2.56. The van der Waals surface area contributed by atoms with Gasteiger partial charge in [-0.05, 0) is 62.1 Å². The maximum atomic E-state index is 13.5. The van der Waals surface area contributed by atoms with Crippen LogP contribution in [0.15, 0.2) is 24.3 Å². The summed E-state index contributed by atoms with van der Waals surface area (Å²) in [6.45, 7) is 4.37. The molecule has 4 heterocycles. The zero-order valence-corrected chi connectivity index (χ0v) is 18.5. The van der Waals surface area contributed by atoms with Gasteiger partial charge in [-0.15, -0.1) is 0 Å². The van der Waals surface area contributed by atoms with E-state index in [0.29, 0.717) is 42.2 Å². The van der Waals surface area contributed by atoms with E-state index in [4.69, 9.17) is 0 Å². The van der Waals surface area contributed by atoms with Crippen LogP contribution in [-0.4, -0.2) is 59.2 Å². The Balaban J connectivity index is 1.38. The van der Waals surface area contributed by atoms with Crippen LogP contribution in [0.5, 0.6) is 0 Å². The monoisotopic (exact) mass is 423 g/mol. The van der Waals surface area contributed by atoms with Crippen molar-refractivity contribution in [1.82, 2.24) is 9.80 Å². The minimum Gasteiger partial charge on any atom is -0.338 e. The van der Waals surface area contributed by atoms with Crippen molar-refractivity contribution < 1.29 is 14.4 Å². The third kappa shape index (κ3) is 3.64. The molecule has 4 fully saturated rings. The van der Waals surface area contributed by atoms with Gasteiger partial charge in [0.15, 0.2) is 0 Å². The Hall–Kier alpha value is -2.37. The van der Waals surface area contributed by atoms with Crippen molar-refractivity contribution in [3.63, 3.8) is 0 Å². The van der Waals surface area contributed by atoms with Crippen LogP contribution in [-0.2, 0) is 9.59 Å². The fraction of sp³-hybridized carbons (Fsp3) is 0.640. The Morgan fingerprint density at radius 1 is 1.06 bits per heavy atom. The molecule has 0 aromatic heterocycles. The van der Waals surface area contributed by atoms with Crippen molar-refractivity contribution in [2.24, 2.45) is 11.8 Å². The number of fused-ring (bicyclic) bond motifs is 4. The maximum absolute atomic E-state index is 13.5. The summed E-state index contributed by atoms with van der Waals surface area (Å²) in [6, 6.07) is 8.13. The fourth-order valence-electron chi connectivity index (χ4n) is 6.52. The Kier molecular flexibility index (Phi) is 5.49. The van der Waals surface area contributed by atoms with Crippen LogP contribution in [0, 0.1) is 11.8 Å². The molecule has 0 aliphatic carbocycles. The molecule has 0 N–H and O–H groups in total. The number of carbonyl (C=O) groups excluding carboxylic acids is 3. The lowest BCUT2D eigenvalue weighted by molar-refractivity contribution is -0.152. The molecule has 31 heavy (non-hydrogen) atoms. The fourth-order valence-corrected chi connectivity index (χ4v) is 6.52. The quantitative estimate of drug-likeness (QED) is 0.745. The average Bonchev–Trinajstić information content (AvgIpc) is 3.22. The highest BCUT2D eigenvalue weighted by Crippen LogP contribution is 2.43. The molecule has 166 valence electrons. The summed E-state index contributed by atoms with van der Waals surface area (Å²) in [7, 11) is 0. The highest BCUT2D eigenvalue weighted by molar-refractivity contribution is 5.99. The van der Waals surface area contributed by atoms with Gasteiger partial charge < -0.3 is 14.7 Å². The van der Waals surface area contributed by atoms with Gasteiger partial charge in [0.2, 0.25) is 11.8 Å². The molecule has 6 nitrogen and oxygen atoms in total. The Labute approximate surface area is 184 Å². The molecule has 0 unspecified atom stereocenters. The van der Waals surface area contributed by atoms with E-state index in [0.717, 1.165) is 63.8 Å². The van der Waals surface area contributed by atoms with Crippen LogP contribution < -0.4 is 4.90 Å². The van der Waals surface area contributed by atoms with E-state index < -0.39 is 0 Å². The second-order valence-electron chi connectivity index (χ2n) is 9.78. The minimum absolute atomic E-state index is 0.0639. The number of anilines is 1. The molecule has 2 bridgehead atoms. The first-order chi connectivity index (χ1) is 15.1. The molecule has 4 atom stereocenters. The molecule has 0 radical (unpaired) electrons. The number of carbonyl (C=O) groups is 3. The second kappa shape index (κ2) is 8.29. The van der Waals surface area contributed by atoms with Gasteiger partial charge in [0.1, 0.15) is 0 Å². The summed E-state index contributed by atoms with van der Waals surface area (Å²) >= 11 is 0. The van der Waals surface area contributed by atoms with E-state index in [-0.39, 0.29) is 17.9 Å². The summed E-state index contributed by atoms with van der Waals surface area (Å²) in [5.41, 5.74) is 1.50. The van der Waals surface area contributed by atoms with Crippen LogP contribution in [0.4, 0.5) is 5.69 Å². The topological polar surface area (TPSA) is 60.9 Å². The zero-order valence-electron chi connectivity index (χ0n) is 18.5. The molecule has 3 amide bonds. The highest BCUT2D eigenvalue weighted by Gasteiger charge is 2.49. The normalized spacial score (nSPS) is 30.5. The lowest BCUT2D eigenvalue weighted by atomic mass is 9.71. The van der Waals surface area contributed by atoms with Gasteiger partial charge in [-0.25, -0.2) is 0 Å². The van der Waals surface area contributed by atoms with Crippen LogP contribution in [0.3, 0.4) is 0 Å². The Morgan fingerprint density at radius 2 is 1.87 bits per heavy atom. The molecular formula is C25H33N3O3. The molecule has 6 heteroatoms. The number of likely N-dealkylation sites (tertiary alicyclic amines) is 1. The largest absolute Gasteiger partial charge is 0.338 e. The number of nitrogens with zero attached hydrogens (tertiary/aromatic N) is 3. The third-order valence-corrected chi connectivity index (χ3v) is 7.85. The second-order valence-corrected chi connectivity index (χ2v) is 9.78. The molecular weight excluding hydrogens is 390 g/mol. The summed E-state index contributed by atoms with van der Waals surface area (Å²) in [4.78, 5) is 44.5. The molecule has 4 saturated heterocycles. The smallest absolute Gasteiger partial charge is 0.253 e. The van der Waals surface area contributed by atoms with Crippen LogP contribution in [0.25, 0.3) is 0 Å². The van der Waals surface area contributed by atoms with E-state index in [1.807, 2.05) is 29.2 Å². The van der Waals surface area contributed by atoms with Gasteiger partial charge in [-0.2, -0.15) is 0 Å². The Bertz CT molecular complexity index is 885. The van der Waals surface area contributed by atoms with E-state index >= 15 is 0 Å². The van der Waals surface area contributed by atoms with E-state index in [1.165, 1.54) is 0 Å². The molecule has 1 aromatic rings. The SMILES string of the molecule is CCC[C@H]1[C@H]2C[C@H](CN(C(=O)c3cccc(N4CCCC4=O)c3)C2)[C@@H]2CCCC(=O)N21. The van der Waals surface area contributed by atoms with Gasteiger partial charge in [0.25, 0.3) is 5.91 Å². The first-order valence-corrected chi connectivity index (χ1v) is 12.1. The summed E-state index contributed by atoms with van der Waals surface area (Å²) in [5.74, 6) is 1.27. The van der Waals surface area contributed by atoms with E-state index in [9.17, 15) is 14.4 Å². The number of amides is 3. The zero-order chi connectivity index (χ0) is 21.5. The number of hydrogen-bond donors (Lipinski definition) is 0. The van der Waals surface area contributed by atoms with Crippen molar-refractivity contribution in [2.75, 3.05) is 24.5 Å². The van der Waals surface area contributed by atoms with Crippen molar-refractivity contribution in [1.29, 1.82) is 0 Å². The van der Waals surface area contributed by atoms with Gasteiger partial charge in [0, 0.05) is 55.8 Å². The number of rotatable bonds is 4. The predicted molar refractivity (Wildman–Crippen MR) is 119 cm³/mol. The third-order valence-electron chi connectivity index (χ3n) is 7.85. The van der Waals surface area contributed by atoms with Crippen molar-refractivity contribution >= 4 is 23.4 Å². The molecule has 1 aromatic carbocycles. The number of hydrogen-bond acceptors (Lipinski definition) is 3. The van der Waals surface area contributed by atoms with Gasteiger partial charge in [-0.1, -0.05) is 19.4 Å². The van der Waals surface area contributed by atoms with Gasteiger partial charge in [0.05, 0.1) is 0 Å². The van der Waals surface area contributed by atoms with Gasteiger partial charge in [-0.3, -0.25) is 14.4 Å². The van der Waals surface area contributed by atoms with Crippen LogP contribution >= 0.6 is 0 Å². The standard InChI is InChI=1S/C25H33N3O3/c1-2-6-21-18-13-19(22-9-4-10-24(30)28(21)22)16-26(15-18)25(31)17-7-3-8-20(14-17)27-12-5-11-23(27)29/h3,7-8,14,18-19,21-22H,2,4-6,9-13,15-16H2,1H3/t18-,19+,21-,22-/m0/s1. The van der Waals surface area contributed by atoms with Crippen molar-refractivity contribution in [2.45, 2.75) is 70.4 Å². The van der Waals surface area contributed by atoms with E-state index in [1.54, 1.807) is 4.90 Å². The van der Waals surface area contributed by atoms with E-state index in [2.05, 4.69) is 11.8 Å². The minimum atomic E-state index is 0.0639. The van der Waals surface area contributed by atoms with Crippen molar-refractivity contribution in [3.8, 4) is 0 Å². The molecule has 0 spiro atoms. The van der Waals surface area contributed by atoms with Crippen LogP contribution in [0.1, 0.15) is 68.6 Å². The first-order valence-electron chi connectivity index (χ1n) is 12.1. The summed E-state index contributed by atoms with van der Waals surface area (Å²) in [6.07, 6.45) is 7.39. The highest BCUT2D eigenvalue weighted by atomic mass is 16.2. The van der Waals surface area contributed by atoms with Gasteiger partial charge >= 0.3 is 0 Å². The summed E-state index contributed by atoms with van der Waals surface area (Å²) < 4.78 is 0. The maximum Gasteiger partial charge on any atom is 0.253 e.